The maximum absolute atomic E-state index is 12.2. The normalized spacial score (nSPS) is 11.3. The highest BCUT2D eigenvalue weighted by molar-refractivity contribution is 5.47. The van der Waals surface area contributed by atoms with Gasteiger partial charge in [-0.1, -0.05) is 5.16 Å². The van der Waals surface area contributed by atoms with Crippen molar-refractivity contribution in [1.82, 2.24) is 20.1 Å². The maximum atomic E-state index is 12.2. The van der Waals surface area contributed by atoms with Crippen LogP contribution in [0.3, 0.4) is 0 Å². The molecule has 0 amide bonds. The molecule has 0 bridgehead atoms. The minimum absolute atomic E-state index is 0.0486. The first-order valence-corrected chi connectivity index (χ1v) is 4.34. The molecule has 0 N–H and O–H groups in total. The zero-order valence-corrected chi connectivity index (χ0v) is 8.38. The second kappa shape index (κ2) is 4.39. The third kappa shape index (κ3) is 2.42. The van der Waals surface area contributed by atoms with Crippen LogP contribution in [-0.2, 0) is 11.0 Å². The van der Waals surface area contributed by atoms with Crippen molar-refractivity contribution < 1.29 is 27.2 Å². The molecule has 2 rings (SSSR count). The Balaban J connectivity index is 2.26. The van der Waals surface area contributed by atoms with Crippen LogP contribution in [0.15, 0.2) is 16.9 Å². The molecular weight excluding hydrogens is 257 g/mol. The van der Waals surface area contributed by atoms with E-state index in [1.54, 1.807) is 0 Å². The average Bonchev–Trinajstić information content (AvgIpc) is 2.79. The van der Waals surface area contributed by atoms with Gasteiger partial charge in [0.15, 0.2) is 0 Å². The summed E-state index contributed by atoms with van der Waals surface area (Å²) in [6.45, 7) is 0.139. The molecule has 7 nitrogen and oxygen atoms in total. The zero-order valence-electron chi connectivity index (χ0n) is 8.38. The molecule has 2 aromatic heterocycles. The fourth-order valence-corrected chi connectivity index (χ4v) is 0.984. The molecule has 2 heterocycles. The number of aromatic nitrogens is 4. The van der Waals surface area contributed by atoms with E-state index >= 15 is 0 Å². The van der Waals surface area contributed by atoms with Crippen LogP contribution >= 0.6 is 0 Å². The molecule has 0 saturated heterocycles. The molecule has 0 aliphatic heterocycles. The molecule has 0 aliphatic carbocycles. The third-order valence-corrected chi connectivity index (χ3v) is 1.69. The number of carbonyl (C=O) groups excluding carboxylic acids is 1. The first-order valence-electron chi connectivity index (χ1n) is 4.34. The van der Waals surface area contributed by atoms with Gasteiger partial charge < -0.3 is 9.26 Å². The summed E-state index contributed by atoms with van der Waals surface area (Å²) < 4.78 is 44.9. The van der Waals surface area contributed by atoms with E-state index in [0.29, 0.717) is 0 Å². The van der Waals surface area contributed by atoms with Crippen molar-refractivity contribution in [3.8, 4) is 17.4 Å². The van der Waals surface area contributed by atoms with Gasteiger partial charge in [0.1, 0.15) is 5.69 Å². The van der Waals surface area contributed by atoms with Gasteiger partial charge in [0, 0.05) is 0 Å². The summed E-state index contributed by atoms with van der Waals surface area (Å²) in [7, 11) is 0. The van der Waals surface area contributed by atoms with E-state index in [0.717, 1.165) is 12.4 Å². The van der Waals surface area contributed by atoms with Gasteiger partial charge in [-0.25, -0.2) is 9.97 Å². The summed E-state index contributed by atoms with van der Waals surface area (Å²) >= 11 is 0. The lowest BCUT2D eigenvalue weighted by Gasteiger charge is -1.97. The van der Waals surface area contributed by atoms with Crippen molar-refractivity contribution >= 4 is 6.47 Å². The Labute approximate surface area is 96.6 Å². The summed E-state index contributed by atoms with van der Waals surface area (Å²) in [5.41, 5.74) is -0.0486. The molecule has 0 aliphatic rings. The monoisotopic (exact) mass is 260 g/mol. The van der Waals surface area contributed by atoms with E-state index in [-0.39, 0.29) is 23.9 Å². The molecule has 18 heavy (non-hydrogen) atoms. The lowest BCUT2D eigenvalue weighted by molar-refractivity contribution is -0.159. The molecule has 0 saturated carbocycles. The van der Waals surface area contributed by atoms with Gasteiger partial charge in [-0.3, -0.25) is 4.79 Å². The number of hydrogen-bond acceptors (Lipinski definition) is 7. The summed E-state index contributed by atoms with van der Waals surface area (Å²) in [5.74, 6) is -1.95. The molecule has 0 unspecified atom stereocenters. The predicted octanol–water partition coefficient (Wildman–Crippen LogP) is 1.08. The second-order valence-corrected chi connectivity index (χ2v) is 2.87. The van der Waals surface area contributed by atoms with Gasteiger partial charge in [0.05, 0.1) is 12.4 Å². The van der Waals surface area contributed by atoms with Crippen LogP contribution in [-0.4, -0.2) is 26.6 Å². The first-order chi connectivity index (χ1) is 8.50. The van der Waals surface area contributed by atoms with E-state index < -0.39 is 12.1 Å². The van der Waals surface area contributed by atoms with Crippen LogP contribution in [0.1, 0.15) is 5.89 Å². The van der Waals surface area contributed by atoms with E-state index in [1.807, 2.05) is 0 Å². The largest absolute Gasteiger partial charge is 0.471 e. The van der Waals surface area contributed by atoms with Gasteiger partial charge in [-0.05, 0) is 0 Å². The number of nitrogens with zero attached hydrogens (tertiary/aromatic N) is 4. The number of ether oxygens (including phenoxy) is 1. The van der Waals surface area contributed by atoms with Crippen LogP contribution in [0.5, 0.6) is 5.88 Å². The summed E-state index contributed by atoms with van der Waals surface area (Å²) in [4.78, 5) is 20.4. The quantitative estimate of drug-likeness (QED) is 0.762. The average molecular weight is 260 g/mol. The Morgan fingerprint density at radius 2 is 2.06 bits per heavy atom. The van der Waals surface area contributed by atoms with Crippen LogP contribution in [0.25, 0.3) is 11.5 Å². The lowest BCUT2D eigenvalue weighted by atomic mass is 10.4. The van der Waals surface area contributed by atoms with Gasteiger partial charge in [0.25, 0.3) is 6.47 Å². The zero-order chi connectivity index (χ0) is 13.2. The molecule has 94 valence electrons. The Hall–Kier alpha value is -2.52. The number of hydrogen-bond donors (Lipinski definition) is 0. The van der Waals surface area contributed by atoms with Crippen LogP contribution in [0.4, 0.5) is 13.2 Å². The fraction of sp³-hybridized carbons (Fsp3) is 0.125. The van der Waals surface area contributed by atoms with Crippen molar-refractivity contribution in [2.24, 2.45) is 0 Å². The van der Waals surface area contributed by atoms with Crippen molar-refractivity contribution in [3.05, 3.63) is 18.3 Å². The smallest absolute Gasteiger partial charge is 0.408 e. The second-order valence-electron chi connectivity index (χ2n) is 2.87. The van der Waals surface area contributed by atoms with E-state index in [4.69, 9.17) is 0 Å². The highest BCUT2D eigenvalue weighted by Crippen LogP contribution is 2.28. The first kappa shape index (κ1) is 12.0. The summed E-state index contributed by atoms with van der Waals surface area (Å²) in [6.07, 6.45) is -2.64. The molecule has 0 fully saturated rings. The van der Waals surface area contributed by atoms with Gasteiger partial charge in [-0.15, -0.1) is 0 Å². The van der Waals surface area contributed by atoms with Crippen LogP contribution < -0.4 is 4.74 Å². The highest BCUT2D eigenvalue weighted by Gasteiger charge is 2.38. The summed E-state index contributed by atoms with van der Waals surface area (Å²) in [5, 5.41) is 3.11. The minimum atomic E-state index is -4.72. The SMILES string of the molecule is O=COc1cnc(-c2noc(C(F)(F)F)n2)cn1. The van der Waals surface area contributed by atoms with Gasteiger partial charge in [0.2, 0.25) is 11.7 Å². The minimum Gasteiger partial charge on any atom is -0.408 e. The van der Waals surface area contributed by atoms with E-state index in [1.165, 1.54) is 0 Å². The molecule has 0 spiro atoms. The summed E-state index contributed by atoms with van der Waals surface area (Å²) in [6, 6.07) is 0. The van der Waals surface area contributed by atoms with Gasteiger partial charge in [-0.2, -0.15) is 18.2 Å². The number of halogens is 3. The molecule has 10 heteroatoms. The molecular formula is C8H3F3N4O3. The van der Waals surface area contributed by atoms with Gasteiger partial charge >= 0.3 is 12.1 Å². The molecule has 0 atom stereocenters. The van der Waals surface area contributed by atoms with Crippen molar-refractivity contribution in [2.45, 2.75) is 6.18 Å². The third-order valence-electron chi connectivity index (χ3n) is 1.69. The molecule has 0 aromatic carbocycles. The number of alkyl halides is 3. The van der Waals surface area contributed by atoms with E-state index in [9.17, 15) is 18.0 Å². The van der Waals surface area contributed by atoms with Crippen molar-refractivity contribution in [1.29, 1.82) is 0 Å². The fourth-order valence-electron chi connectivity index (χ4n) is 0.984. The maximum Gasteiger partial charge on any atom is 0.471 e. The van der Waals surface area contributed by atoms with E-state index in [2.05, 4.69) is 29.4 Å². The predicted molar refractivity (Wildman–Crippen MR) is 47.0 cm³/mol. The topological polar surface area (TPSA) is 91.0 Å². The molecule has 0 radical (unpaired) electrons. The molecule has 2 aromatic rings. The Bertz CT molecular complexity index is 551. The number of rotatable bonds is 3. The standard InChI is InChI=1S/C8H3F3N4O3/c9-8(10,11)7-14-6(15-18-7)4-1-13-5(2-12-4)17-3-16/h1-3H. The van der Waals surface area contributed by atoms with Crippen LogP contribution in [0.2, 0.25) is 0 Å². The lowest BCUT2D eigenvalue weighted by Crippen LogP contribution is -2.05. The Morgan fingerprint density at radius 1 is 1.28 bits per heavy atom. The number of carbonyl (C=O) groups is 1. The highest BCUT2D eigenvalue weighted by atomic mass is 19.4. The Morgan fingerprint density at radius 3 is 2.56 bits per heavy atom. The van der Waals surface area contributed by atoms with Crippen molar-refractivity contribution in [3.63, 3.8) is 0 Å². The Kier molecular flexibility index (Phi) is 2.92. The van der Waals surface area contributed by atoms with Crippen LogP contribution in [0, 0.1) is 0 Å². The van der Waals surface area contributed by atoms with Crippen molar-refractivity contribution in [2.75, 3.05) is 0 Å².